The maximum atomic E-state index is 5.98. The standard InChI is InChI=1S/C13H14ClN5O/c1-8-3-5-15-13-12(8)17-11(7-14)19(13)6-4-10-16-9(2)20-18-10/h3,5H,4,6-7H2,1-2H3. The monoisotopic (exact) mass is 291 g/mol. The second-order valence-corrected chi connectivity index (χ2v) is 4.86. The highest BCUT2D eigenvalue weighted by Gasteiger charge is 2.13. The molecule has 0 aliphatic carbocycles. The Hall–Kier alpha value is -1.95. The minimum atomic E-state index is 0.348. The second-order valence-electron chi connectivity index (χ2n) is 4.59. The van der Waals surface area contributed by atoms with E-state index in [9.17, 15) is 0 Å². The van der Waals surface area contributed by atoms with Crippen molar-refractivity contribution in [1.29, 1.82) is 0 Å². The smallest absolute Gasteiger partial charge is 0.223 e. The Morgan fingerprint density at radius 2 is 2.15 bits per heavy atom. The van der Waals surface area contributed by atoms with E-state index in [2.05, 4.69) is 20.1 Å². The number of imidazole rings is 1. The Balaban J connectivity index is 1.95. The molecule has 0 aliphatic rings. The van der Waals surface area contributed by atoms with E-state index in [0.717, 1.165) is 22.6 Å². The van der Waals surface area contributed by atoms with Gasteiger partial charge in [0, 0.05) is 26.1 Å². The molecule has 0 bridgehead atoms. The number of aromatic nitrogens is 5. The topological polar surface area (TPSA) is 69.6 Å². The number of fused-ring (bicyclic) bond motifs is 1. The first-order chi connectivity index (χ1) is 9.69. The Labute approximate surface area is 120 Å². The average Bonchev–Trinajstić information content (AvgIpc) is 3.01. The Kier molecular flexibility index (Phi) is 3.40. The largest absolute Gasteiger partial charge is 0.340 e. The summed E-state index contributed by atoms with van der Waals surface area (Å²) in [5.41, 5.74) is 2.84. The van der Waals surface area contributed by atoms with Gasteiger partial charge in [-0.25, -0.2) is 9.97 Å². The molecule has 0 unspecified atom stereocenters. The zero-order valence-corrected chi connectivity index (χ0v) is 12.1. The van der Waals surface area contributed by atoms with Gasteiger partial charge in [0.15, 0.2) is 11.5 Å². The molecule has 6 nitrogen and oxygen atoms in total. The lowest BCUT2D eigenvalue weighted by molar-refractivity contribution is 0.386. The van der Waals surface area contributed by atoms with Crippen LogP contribution in [0.5, 0.6) is 0 Å². The first kappa shape index (κ1) is 13.1. The minimum Gasteiger partial charge on any atom is -0.340 e. The quantitative estimate of drug-likeness (QED) is 0.690. The van der Waals surface area contributed by atoms with Gasteiger partial charge in [-0.05, 0) is 18.6 Å². The van der Waals surface area contributed by atoms with Crippen molar-refractivity contribution in [2.45, 2.75) is 32.7 Å². The number of hydrogen-bond acceptors (Lipinski definition) is 5. The van der Waals surface area contributed by atoms with Crippen molar-refractivity contribution < 1.29 is 4.52 Å². The van der Waals surface area contributed by atoms with Crippen molar-refractivity contribution in [3.63, 3.8) is 0 Å². The van der Waals surface area contributed by atoms with Crippen LogP contribution in [0.2, 0.25) is 0 Å². The molecule has 7 heteroatoms. The summed E-state index contributed by atoms with van der Waals surface area (Å²) in [6.45, 7) is 4.47. The minimum absolute atomic E-state index is 0.348. The molecule has 3 heterocycles. The van der Waals surface area contributed by atoms with Gasteiger partial charge in [-0.2, -0.15) is 4.98 Å². The summed E-state index contributed by atoms with van der Waals surface area (Å²) in [5.74, 6) is 2.41. The molecule has 0 aliphatic heterocycles. The third kappa shape index (κ3) is 2.27. The number of alkyl halides is 1. The van der Waals surface area contributed by atoms with Crippen LogP contribution in [0.25, 0.3) is 11.2 Å². The number of pyridine rings is 1. The molecular weight excluding hydrogens is 278 g/mol. The third-order valence-corrected chi connectivity index (χ3v) is 3.40. The van der Waals surface area contributed by atoms with Gasteiger partial charge >= 0.3 is 0 Å². The Bertz CT molecular complexity index is 748. The number of aryl methyl sites for hydroxylation is 4. The van der Waals surface area contributed by atoms with Gasteiger partial charge in [0.2, 0.25) is 5.89 Å². The van der Waals surface area contributed by atoms with Gasteiger partial charge < -0.3 is 9.09 Å². The van der Waals surface area contributed by atoms with Gasteiger partial charge in [-0.1, -0.05) is 5.16 Å². The molecule has 0 saturated heterocycles. The highest BCUT2D eigenvalue weighted by Crippen LogP contribution is 2.19. The lowest BCUT2D eigenvalue weighted by atomic mass is 10.3. The van der Waals surface area contributed by atoms with E-state index in [-0.39, 0.29) is 0 Å². The predicted octanol–water partition coefficient (Wildman–Crippen LogP) is 2.41. The Morgan fingerprint density at radius 3 is 2.85 bits per heavy atom. The maximum absolute atomic E-state index is 5.98. The maximum Gasteiger partial charge on any atom is 0.223 e. The fourth-order valence-corrected chi connectivity index (χ4v) is 2.38. The van der Waals surface area contributed by atoms with Gasteiger partial charge in [0.25, 0.3) is 0 Å². The van der Waals surface area contributed by atoms with E-state index >= 15 is 0 Å². The first-order valence-electron chi connectivity index (χ1n) is 6.35. The predicted molar refractivity (Wildman–Crippen MR) is 74.6 cm³/mol. The number of hydrogen-bond donors (Lipinski definition) is 0. The van der Waals surface area contributed by atoms with E-state index in [0.29, 0.717) is 30.6 Å². The molecule has 0 N–H and O–H groups in total. The van der Waals surface area contributed by atoms with E-state index in [4.69, 9.17) is 16.1 Å². The molecule has 0 atom stereocenters. The van der Waals surface area contributed by atoms with Gasteiger partial charge in [-0.15, -0.1) is 11.6 Å². The van der Waals surface area contributed by atoms with Crippen LogP contribution in [-0.4, -0.2) is 24.7 Å². The SMILES string of the molecule is Cc1nc(CCn2c(CCl)nc3c(C)ccnc32)no1. The molecule has 0 amide bonds. The normalized spacial score (nSPS) is 11.3. The average molecular weight is 292 g/mol. The van der Waals surface area contributed by atoms with E-state index in [1.807, 2.05) is 17.6 Å². The molecule has 0 aromatic carbocycles. The van der Waals surface area contributed by atoms with Crippen molar-refractivity contribution in [2.75, 3.05) is 0 Å². The first-order valence-corrected chi connectivity index (χ1v) is 6.88. The molecular formula is C13H14ClN5O. The molecule has 3 aromatic rings. The number of halogens is 1. The lowest BCUT2D eigenvalue weighted by Crippen LogP contribution is -2.06. The van der Waals surface area contributed by atoms with Crippen LogP contribution in [0, 0.1) is 13.8 Å². The van der Waals surface area contributed by atoms with Gasteiger partial charge in [-0.3, -0.25) is 0 Å². The molecule has 3 rings (SSSR count). The fourth-order valence-electron chi connectivity index (χ4n) is 2.18. The molecule has 3 aromatic heterocycles. The Morgan fingerprint density at radius 1 is 1.30 bits per heavy atom. The van der Waals surface area contributed by atoms with E-state index < -0.39 is 0 Å². The van der Waals surface area contributed by atoms with Crippen molar-refractivity contribution in [2.24, 2.45) is 0 Å². The van der Waals surface area contributed by atoms with Crippen LogP contribution in [0.3, 0.4) is 0 Å². The highest BCUT2D eigenvalue weighted by molar-refractivity contribution is 6.16. The highest BCUT2D eigenvalue weighted by atomic mass is 35.5. The summed E-state index contributed by atoms with van der Waals surface area (Å²) >= 11 is 5.98. The summed E-state index contributed by atoms with van der Waals surface area (Å²) in [6.07, 6.45) is 2.44. The summed E-state index contributed by atoms with van der Waals surface area (Å²) in [6, 6.07) is 1.94. The molecule has 20 heavy (non-hydrogen) atoms. The van der Waals surface area contributed by atoms with Crippen molar-refractivity contribution in [1.82, 2.24) is 24.7 Å². The number of rotatable bonds is 4. The third-order valence-electron chi connectivity index (χ3n) is 3.16. The zero-order valence-electron chi connectivity index (χ0n) is 11.3. The molecule has 0 fully saturated rings. The van der Waals surface area contributed by atoms with E-state index in [1.54, 1.807) is 13.1 Å². The molecule has 104 valence electrons. The van der Waals surface area contributed by atoms with E-state index in [1.165, 1.54) is 0 Å². The van der Waals surface area contributed by atoms with Crippen LogP contribution in [0.1, 0.15) is 23.1 Å². The zero-order chi connectivity index (χ0) is 14.1. The van der Waals surface area contributed by atoms with Crippen LogP contribution in [0.15, 0.2) is 16.8 Å². The second kappa shape index (κ2) is 5.20. The summed E-state index contributed by atoms with van der Waals surface area (Å²) in [4.78, 5) is 13.2. The molecule has 0 spiro atoms. The van der Waals surface area contributed by atoms with Crippen molar-refractivity contribution in [3.8, 4) is 0 Å². The van der Waals surface area contributed by atoms with Crippen LogP contribution in [-0.2, 0) is 18.8 Å². The summed E-state index contributed by atoms with van der Waals surface area (Å²) in [5, 5.41) is 3.90. The summed E-state index contributed by atoms with van der Waals surface area (Å²) in [7, 11) is 0. The van der Waals surface area contributed by atoms with Crippen molar-refractivity contribution in [3.05, 3.63) is 35.4 Å². The van der Waals surface area contributed by atoms with Gasteiger partial charge in [0.1, 0.15) is 11.3 Å². The molecule has 0 radical (unpaired) electrons. The van der Waals surface area contributed by atoms with Crippen LogP contribution < -0.4 is 0 Å². The van der Waals surface area contributed by atoms with Crippen molar-refractivity contribution >= 4 is 22.8 Å². The van der Waals surface area contributed by atoms with Crippen LogP contribution in [0.4, 0.5) is 0 Å². The van der Waals surface area contributed by atoms with Crippen LogP contribution >= 0.6 is 11.6 Å². The van der Waals surface area contributed by atoms with Gasteiger partial charge in [0.05, 0.1) is 5.88 Å². The molecule has 0 saturated carbocycles. The fraction of sp³-hybridized carbons (Fsp3) is 0.385. The number of nitrogens with zero attached hydrogens (tertiary/aromatic N) is 5. The lowest BCUT2D eigenvalue weighted by Gasteiger charge is -2.04. The summed E-state index contributed by atoms with van der Waals surface area (Å²) < 4.78 is 6.98.